The monoisotopic (exact) mass is 1660 g/mol. The molecule has 11 N–H and O–H groups in total. The molecule has 2 aromatic heterocycles. The number of aryl methyl sites for hydroxylation is 1. The van der Waals surface area contributed by atoms with Crippen molar-refractivity contribution >= 4 is 130 Å². The summed E-state index contributed by atoms with van der Waals surface area (Å²) in [5, 5.41) is 31.8. The minimum absolute atomic E-state index is 0.00947. The maximum Gasteiger partial charge on any atom is 0.524 e. The third-order valence-electron chi connectivity index (χ3n) is 20.5. The molecule has 5 aromatic rings. The van der Waals surface area contributed by atoms with Crippen molar-refractivity contribution in [1.29, 1.82) is 0 Å². The number of hydrogen-bond acceptors (Lipinski definition) is 21. The predicted molar refractivity (Wildman–Crippen MR) is 425 cm³/mol. The highest BCUT2D eigenvalue weighted by atomic mass is 35.5. The van der Waals surface area contributed by atoms with E-state index >= 15 is 0 Å². The Labute approximate surface area is 670 Å². The van der Waals surface area contributed by atoms with E-state index in [0.29, 0.717) is 143 Å². The zero-order valence-corrected chi connectivity index (χ0v) is 68.4. The second-order valence-corrected chi connectivity index (χ2v) is 31.7. The Hall–Kier alpha value is -7.70. The van der Waals surface area contributed by atoms with E-state index in [1.54, 1.807) is 73.0 Å². The number of rotatable bonds is 45. The number of hydrogen-bond donors (Lipinski definition) is 10. The number of ether oxygens (including phenoxy) is 8. The molecule has 2 aliphatic heterocycles. The fourth-order valence-corrected chi connectivity index (χ4v) is 16.3. The number of aromatic nitrogens is 2. The molecule has 0 saturated heterocycles. The van der Waals surface area contributed by atoms with Crippen LogP contribution < -0.4 is 46.1 Å². The number of nitrogens with one attached hydrogen (secondary N) is 5. The standard InChI is InChI=1S/C75H104Cl2N11O21PS2/c1-9-52-47(5)62-49(36-76)39-87(54(62)33-56(52)109-110(98,99)100)69(94)74-42-75(43-74,44-74)70(95)88-40-50(37-77)63-55(88)34-57(65-61(63)46(4)38-80-65)108-73(111)85(7)19-18-84(6)72(97)107-41-48-12-14-51(15-13-48)81-66(91)53(11-10-17-79-71(78)96)82-67(92)64(45(2)3)83-59(89)16-21-101-23-25-103-27-29-105-31-32-106-30-28-104-26-24-102-22-20-86-60(90)35-58(112-8)68(86)93/h12-15,33-35,38,45,49-50,53,64,80,90,93H,9-11,16-32,36-37,39-44H2,1-8H3,(H,81,91)(H,82,92)(H,83,89)(H3,78,79,96)(H2,98,99,100). The number of nitrogens with two attached hydrogens (primary N) is 1. The number of thioether (sulfide) groups is 1. The van der Waals surface area contributed by atoms with Crippen LogP contribution in [0.4, 0.5) is 26.7 Å². The number of aromatic hydroxyl groups is 2. The van der Waals surface area contributed by atoms with Gasteiger partial charge in [-0.1, -0.05) is 32.9 Å². The number of H-pyrrole nitrogens is 1. The molecular weight excluding hydrogens is 1560 g/mol. The molecule has 5 aliphatic rings. The van der Waals surface area contributed by atoms with Crippen LogP contribution in [0.15, 0.2) is 53.6 Å². The van der Waals surface area contributed by atoms with Crippen LogP contribution in [0.5, 0.6) is 23.3 Å². The summed E-state index contributed by atoms with van der Waals surface area (Å²) < 4.78 is 63.9. The number of anilines is 3. The molecule has 4 heterocycles. The quantitative estimate of drug-likeness (QED) is 0.00579. The maximum absolute atomic E-state index is 15.0. The number of benzene rings is 3. The van der Waals surface area contributed by atoms with Gasteiger partial charge in [0.25, 0.3) is 5.17 Å². The molecule has 112 heavy (non-hydrogen) atoms. The number of carbonyl (C=O) groups is 7. The van der Waals surface area contributed by atoms with E-state index in [4.69, 9.17) is 83.6 Å². The number of phosphoric acid groups is 1. The number of thiocarbonyl (C=S) groups is 1. The van der Waals surface area contributed by atoms with Gasteiger partial charge in [0.05, 0.1) is 118 Å². The molecule has 4 atom stereocenters. The van der Waals surface area contributed by atoms with Gasteiger partial charge < -0.3 is 104 Å². The van der Waals surface area contributed by atoms with Gasteiger partial charge in [0.2, 0.25) is 35.4 Å². The number of amides is 8. The highest BCUT2D eigenvalue weighted by molar-refractivity contribution is 7.98. The van der Waals surface area contributed by atoms with Gasteiger partial charge in [-0.15, -0.1) is 35.0 Å². The van der Waals surface area contributed by atoms with Gasteiger partial charge in [0.1, 0.15) is 24.4 Å². The molecule has 0 radical (unpaired) electrons. The van der Waals surface area contributed by atoms with E-state index in [1.807, 2.05) is 33.2 Å². The Morgan fingerprint density at radius 2 is 1.30 bits per heavy atom. The number of aromatic amines is 1. The van der Waals surface area contributed by atoms with Gasteiger partial charge in [-0.3, -0.25) is 38.3 Å². The van der Waals surface area contributed by atoms with Crippen molar-refractivity contribution in [1.82, 2.24) is 35.3 Å². The molecule has 3 fully saturated rings. The summed E-state index contributed by atoms with van der Waals surface area (Å²) >= 11 is 20.4. The summed E-state index contributed by atoms with van der Waals surface area (Å²) in [6.07, 6.45) is 4.75. The van der Waals surface area contributed by atoms with Crippen LogP contribution in [0.1, 0.15) is 105 Å². The second-order valence-electron chi connectivity index (χ2n) is 28.7. The summed E-state index contributed by atoms with van der Waals surface area (Å²) in [7, 11) is -1.63. The summed E-state index contributed by atoms with van der Waals surface area (Å²) in [5.74, 6) is -1.89. The number of urea groups is 1. The molecule has 616 valence electrons. The topological polar surface area (TPSA) is 408 Å². The molecule has 37 heteroatoms. The van der Waals surface area contributed by atoms with E-state index in [2.05, 4.69) is 26.3 Å². The first-order valence-corrected chi connectivity index (χ1v) is 41.5. The van der Waals surface area contributed by atoms with Gasteiger partial charge in [0.15, 0.2) is 11.6 Å². The first kappa shape index (κ1) is 88.3. The van der Waals surface area contributed by atoms with Crippen LogP contribution in [0.3, 0.4) is 0 Å². The normalized spacial score (nSPS) is 17.9. The minimum Gasteiger partial charge on any atom is -0.494 e. The fraction of sp³-hybridized carbons (Fsp3) is 0.573. The van der Waals surface area contributed by atoms with Crippen molar-refractivity contribution < 1.29 is 101 Å². The number of carbonyl (C=O) groups excluding carboxylic acids is 7. The van der Waals surface area contributed by atoms with Crippen LogP contribution in [0.25, 0.3) is 10.9 Å². The van der Waals surface area contributed by atoms with E-state index in [1.165, 1.54) is 33.4 Å². The van der Waals surface area contributed by atoms with Crippen LogP contribution >= 0.6 is 55.0 Å². The number of nitrogens with zero attached hydrogens (tertiary/aromatic N) is 5. The Bertz CT molecular complexity index is 4190. The molecular formula is C75H104Cl2N11O21PS2. The van der Waals surface area contributed by atoms with Gasteiger partial charge in [0, 0.05) is 112 Å². The average Bonchev–Trinajstić information content (AvgIpc) is 1.45. The predicted octanol–water partition coefficient (Wildman–Crippen LogP) is 8.03. The van der Waals surface area contributed by atoms with Crippen molar-refractivity contribution in [3.05, 3.63) is 82.0 Å². The number of halogens is 2. The first-order valence-electron chi connectivity index (χ1n) is 37.2. The lowest BCUT2D eigenvalue weighted by molar-refractivity contribution is -0.205. The lowest BCUT2D eigenvalue weighted by Gasteiger charge is -2.69. The Morgan fingerprint density at radius 3 is 1.84 bits per heavy atom. The van der Waals surface area contributed by atoms with E-state index in [0.717, 1.165) is 27.6 Å². The number of alkyl halides is 2. The lowest BCUT2D eigenvalue weighted by atomic mass is 9.34. The van der Waals surface area contributed by atoms with Crippen molar-refractivity contribution in [3.63, 3.8) is 0 Å². The van der Waals surface area contributed by atoms with Crippen LogP contribution in [0, 0.1) is 30.6 Å². The number of likely N-dealkylation sites (N-methyl/N-ethyl adjacent to an activating group) is 2. The smallest absolute Gasteiger partial charge is 0.494 e. The van der Waals surface area contributed by atoms with Gasteiger partial charge in [-0.2, -0.15) is 0 Å². The van der Waals surface area contributed by atoms with E-state index in [-0.39, 0.29) is 136 Å². The Balaban J connectivity index is 0.672. The summed E-state index contributed by atoms with van der Waals surface area (Å²) in [5.41, 5.74) is 10.5. The van der Waals surface area contributed by atoms with Crippen molar-refractivity contribution in [2.45, 2.75) is 122 Å². The molecule has 10 rings (SSSR count). The van der Waals surface area contributed by atoms with E-state index < -0.39 is 60.6 Å². The van der Waals surface area contributed by atoms with Crippen LogP contribution in [-0.4, -0.2) is 242 Å². The maximum atomic E-state index is 15.0. The lowest BCUT2D eigenvalue weighted by Crippen LogP contribution is -2.73. The Morgan fingerprint density at radius 1 is 0.759 bits per heavy atom. The number of fused-ring (bicyclic) bond motifs is 4. The van der Waals surface area contributed by atoms with Crippen molar-refractivity contribution in [2.75, 3.05) is 159 Å². The van der Waals surface area contributed by atoms with Crippen molar-refractivity contribution in [3.8, 4) is 23.3 Å². The third kappa shape index (κ3) is 22.0. The number of primary amides is 1. The highest BCUT2D eigenvalue weighted by Gasteiger charge is 2.76. The Kier molecular flexibility index (Phi) is 31.9. The summed E-state index contributed by atoms with van der Waals surface area (Å²) in [6, 6.07) is 8.53. The van der Waals surface area contributed by atoms with Gasteiger partial charge in [-0.25, -0.2) is 14.2 Å². The minimum atomic E-state index is -4.93. The largest absolute Gasteiger partial charge is 0.524 e. The molecule has 4 unspecified atom stereocenters. The van der Waals surface area contributed by atoms with Gasteiger partial charge in [-0.05, 0) is 122 Å². The SMILES string of the molecule is CCc1c(OP(=O)(O)O)cc2c(c1C)C(CCl)CN2C(=O)C12CC(C(=O)N3CC(CCl)c4c3cc(OC(=S)N(C)CCN(C)C(=O)OCc3ccc(NC(=O)C(CCCNC(N)=O)NC(=O)C(NC(=O)CCOCCOCCOCCOCCOCCOCCn5c(O)cc(SC)c5O)C(C)C)cc3)c3[nH]cc(C)c43)(C1)C2. The second kappa shape index (κ2) is 40.5. The first-order chi connectivity index (χ1) is 53.5. The molecule has 3 saturated carbocycles. The molecule has 8 amide bonds. The molecule has 32 nitrogen and oxygen atoms in total. The highest BCUT2D eigenvalue weighted by Crippen LogP contribution is 2.75. The third-order valence-corrected chi connectivity index (χ3v) is 22.8. The van der Waals surface area contributed by atoms with E-state index in [9.17, 15) is 58.1 Å². The zero-order chi connectivity index (χ0) is 81.2. The molecule has 0 spiro atoms. The zero-order valence-electron chi connectivity index (χ0n) is 64.4. The van der Waals surface area contributed by atoms with Crippen LogP contribution in [0.2, 0.25) is 0 Å². The molecule has 2 bridgehead atoms. The summed E-state index contributed by atoms with van der Waals surface area (Å²) in [6.45, 7) is 14.2. The summed E-state index contributed by atoms with van der Waals surface area (Å²) in [4.78, 5) is 125. The van der Waals surface area contributed by atoms with Gasteiger partial charge >= 0.3 is 19.9 Å². The van der Waals surface area contributed by atoms with Crippen molar-refractivity contribution in [2.24, 2.45) is 22.5 Å². The number of phosphoric ester groups is 1. The fourth-order valence-electron chi connectivity index (χ4n) is 14.7. The molecule has 3 aliphatic carbocycles. The molecule has 3 aromatic carbocycles. The average molecular weight is 1660 g/mol. The van der Waals surface area contributed by atoms with Crippen LogP contribution in [-0.2, 0) is 81.3 Å².